The van der Waals surface area contributed by atoms with E-state index in [2.05, 4.69) is 4.90 Å². The van der Waals surface area contributed by atoms with Gasteiger partial charge in [-0.15, -0.1) is 0 Å². The molecular weight excluding hydrogens is 428 g/mol. The monoisotopic (exact) mass is 459 g/mol. The molecule has 3 atom stereocenters. The van der Waals surface area contributed by atoms with Crippen molar-refractivity contribution in [2.45, 2.75) is 51.4 Å². The molecule has 2 N–H and O–H groups in total. The molecule has 0 spiro atoms. The van der Waals surface area contributed by atoms with Crippen molar-refractivity contribution in [3.05, 3.63) is 76.4 Å². The fraction of sp³-hybridized carbons (Fsp3) is 0.423. The number of hydrogen-bond donors (Lipinski definition) is 2. The number of likely N-dealkylation sites (tertiary alicyclic amines) is 1. The maximum Gasteiger partial charge on any atom is 0.328 e. The van der Waals surface area contributed by atoms with E-state index in [4.69, 9.17) is 9.84 Å². The number of aliphatic carboxylic acids is 1. The molecule has 1 heterocycles. The first-order valence-corrected chi connectivity index (χ1v) is 11.2. The third-order valence-electron chi connectivity index (χ3n) is 6.08. The van der Waals surface area contributed by atoms with Crippen molar-refractivity contribution < 1.29 is 28.5 Å². The Morgan fingerprint density at radius 3 is 2.79 bits per heavy atom. The van der Waals surface area contributed by atoms with E-state index in [1.54, 1.807) is 32.0 Å². The Morgan fingerprint density at radius 1 is 1.27 bits per heavy atom. The third-order valence-corrected chi connectivity index (χ3v) is 6.08. The molecule has 5 nitrogen and oxygen atoms in total. The number of ether oxygens (including phenoxy) is 1. The highest BCUT2D eigenvalue weighted by atomic mass is 19.1. The van der Waals surface area contributed by atoms with Gasteiger partial charge < -0.3 is 14.9 Å². The second kappa shape index (κ2) is 11.5. The van der Waals surface area contributed by atoms with Crippen LogP contribution in [0.2, 0.25) is 0 Å². The van der Waals surface area contributed by atoms with Crippen LogP contribution in [-0.4, -0.2) is 52.9 Å². The van der Waals surface area contributed by atoms with E-state index in [1.165, 1.54) is 18.2 Å². The fourth-order valence-electron chi connectivity index (χ4n) is 4.29. The van der Waals surface area contributed by atoms with E-state index in [9.17, 15) is 18.7 Å². The number of nitrogens with zero attached hydrogens (tertiary/aromatic N) is 1. The summed E-state index contributed by atoms with van der Waals surface area (Å²) in [7, 11) is 0. The van der Waals surface area contributed by atoms with E-state index in [1.807, 2.05) is 6.07 Å². The molecule has 0 bridgehead atoms. The van der Waals surface area contributed by atoms with Crippen LogP contribution in [0.25, 0.3) is 6.08 Å². The first kappa shape index (κ1) is 25.0. The molecule has 0 amide bonds. The SMILES string of the molecule is Cc1ccc(C[C@@H]2CCCN2C[C@H](O)CO[C@H](C)c2ccc(F)cc2/C=C/C(=O)O)cc1F. The zero-order valence-corrected chi connectivity index (χ0v) is 19.0. The van der Waals surface area contributed by atoms with Crippen LogP contribution in [0.3, 0.4) is 0 Å². The van der Waals surface area contributed by atoms with Gasteiger partial charge in [-0.05, 0) is 86.2 Å². The Labute approximate surface area is 193 Å². The van der Waals surface area contributed by atoms with Gasteiger partial charge in [0.15, 0.2) is 0 Å². The standard InChI is InChI=1S/C26H31F2NO4/c1-17-5-6-19(13-25(17)28)12-22-4-3-11-29(22)15-23(30)16-33-18(2)24-9-8-21(27)14-20(24)7-10-26(31)32/h5-10,13-14,18,22-23,30H,3-4,11-12,15-16H2,1-2H3,(H,31,32)/b10-7+/t18-,22+,23+/m1/s1. The summed E-state index contributed by atoms with van der Waals surface area (Å²) < 4.78 is 33.4. The van der Waals surface area contributed by atoms with Crippen molar-refractivity contribution in [2.75, 3.05) is 19.7 Å². The highest BCUT2D eigenvalue weighted by molar-refractivity contribution is 5.85. The maximum absolute atomic E-state index is 13.9. The molecule has 1 aliphatic rings. The number of carboxylic acids is 1. The van der Waals surface area contributed by atoms with Crippen molar-refractivity contribution in [3.63, 3.8) is 0 Å². The van der Waals surface area contributed by atoms with Gasteiger partial charge in [-0.1, -0.05) is 18.2 Å². The Bertz CT molecular complexity index is 994. The minimum atomic E-state index is -1.12. The first-order chi connectivity index (χ1) is 15.7. The lowest BCUT2D eigenvalue weighted by molar-refractivity contribution is -0.131. The summed E-state index contributed by atoms with van der Waals surface area (Å²) in [6, 6.07) is 9.69. The van der Waals surface area contributed by atoms with Gasteiger partial charge in [0.25, 0.3) is 0 Å². The van der Waals surface area contributed by atoms with Crippen LogP contribution in [0.15, 0.2) is 42.5 Å². The molecule has 0 saturated carbocycles. The van der Waals surface area contributed by atoms with Crippen molar-refractivity contribution in [3.8, 4) is 0 Å². The summed E-state index contributed by atoms with van der Waals surface area (Å²) >= 11 is 0. The van der Waals surface area contributed by atoms with Crippen LogP contribution < -0.4 is 0 Å². The van der Waals surface area contributed by atoms with Crippen LogP contribution in [0.4, 0.5) is 8.78 Å². The van der Waals surface area contributed by atoms with Gasteiger partial charge >= 0.3 is 5.97 Å². The largest absolute Gasteiger partial charge is 0.478 e. The number of aliphatic hydroxyl groups excluding tert-OH is 1. The topological polar surface area (TPSA) is 70.0 Å². The molecular formula is C26H31F2NO4. The first-order valence-electron chi connectivity index (χ1n) is 11.2. The summed E-state index contributed by atoms with van der Waals surface area (Å²) in [5.41, 5.74) is 2.64. The van der Waals surface area contributed by atoms with E-state index < -0.39 is 24.0 Å². The van der Waals surface area contributed by atoms with Gasteiger partial charge in [0, 0.05) is 18.7 Å². The smallest absolute Gasteiger partial charge is 0.328 e. The Hall–Kier alpha value is -2.61. The van der Waals surface area contributed by atoms with Crippen molar-refractivity contribution >= 4 is 12.0 Å². The maximum atomic E-state index is 13.9. The van der Waals surface area contributed by atoms with Gasteiger partial charge in [-0.2, -0.15) is 0 Å². The molecule has 1 fully saturated rings. The lowest BCUT2D eigenvalue weighted by Crippen LogP contribution is -2.39. The van der Waals surface area contributed by atoms with Gasteiger partial charge in [0.2, 0.25) is 0 Å². The highest BCUT2D eigenvalue weighted by Crippen LogP contribution is 2.25. The molecule has 1 aliphatic heterocycles. The zero-order chi connectivity index (χ0) is 24.0. The summed E-state index contributed by atoms with van der Waals surface area (Å²) in [6.45, 7) is 4.93. The average molecular weight is 460 g/mol. The molecule has 0 aliphatic carbocycles. The Morgan fingerprint density at radius 2 is 2.06 bits per heavy atom. The van der Waals surface area contributed by atoms with Crippen LogP contribution >= 0.6 is 0 Å². The quantitative estimate of drug-likeness (QED) is 0.512. The van der Waals surface area contributed by atoms with Crippen molar-refractivity contribution in [2.24, 2.45) is 0 Å². The molecule has 178 valence electrons. The number of carbonyl (C=O) groups is 1. The second-order valence-electron chi connectivity index (χ2n) is 8.65. The summed E-state index contributed by atoms with van der Waals surface area (Å²) in [6.07, 6.45) is 3.86. The number of halogens is 2. The van der Waals surface area contributed by atoms with E-state index in [-0.39, 0.29) is 18.5 Å². The highest BCUT2D eigenvalue weighted by Gasteiger charge is 2.27. The predicted molar refractivity (Wildman–Crippen MR) is 123 cm³/mol. The minimum absolute atomic E-state index is 0.0863. The van der Waals surface area contributed by atoms with E-state index in [0.29, 0.717) is 23.2 Å². The summed E-state index contributed by atoms with van der Waals surface area (Å²) in [5, 5.41) is 19.4. The molecule has 2 aromatic carbocycles. The molecule has 3 rings (SSSR count). The zero-order valence-electron chi connectivity index (χ0n) is 19.0. The minimum Gasteiger partial charge on any atom is -0.478 e. The molecule has 2 aromatic rings. The Balaban J connectivity index is 1.55. The number of β-amino-alcohol motifs (C(OH)–C–C–N with tert-alkyl or cyclic N) is 1. The fourth-order valence-corrected chi connectivity index (χ4v) is 4.29. The molecule has 0 unspecified atom stereocenters. The molecule has 33 heavy (non-hydrogen) atoms. The number of benzene rings is 2. The average Bonchev–Trinajstić information content (AvgIpc) is 3.19. The molecule has 1 saturated heterocycles. The van der Waals surface area contributed by atoms with Crippen molar-refractivity contribution in [1.82, 2.24) is 4.90 Å². The van der Waals surface area contributed by atoms with Crippen LogP contribution in [0.5, 0.6) is 0 Å². The van der Waals surface area contributed by atoms with Crippen LogP contribution in [-0.2, 0) is 16.0 Å². The van der Waals surface area contributed by atoms with Gasteiger partial charge in [-0.3, -0.25) is 4.90 Å². The van der Waals surface area contributed by atoms with Gasteiger partial charge in [0.1, 0.15) is 11.6 Å². The van der Waals surface area contributed by atoms with Crippen LogP contribution in [0.1, 0.15) is 48.1 Å². The summed E-state index contributed by atoms with van der Waals surface area (Å²) in [4.78, 5) is 13.0. The number of hydrogen-bond acceptors (Lipinski definition) is 4. The van der Waals surface area contributed by atoms with Gasteiger partial charge in [0.05, 0.1) is 18.8 Å². The number of carboxylic acid groups (broad SMARTS) is 1. The number of rotatable bonds is 10. The summed E-state index contributed by atoms with van der Waals surface area (Å²) in [5.74, 6) is -1.79. The molecule has 7 heteroatoms. The Kier molecular flexibility index (Phi) is 8.72. The predicted octanol–water partition coefficient (Wildman–Crippen LogP) is 4.52. The second-order valence-corrected chi connectivity index (χ2v) is 8.65. The number of aryl methyl sites for hydroxylation is 1. The number of aliphatic hydroxyl groups is 1. The van der Waals surface area contributed by atoms with Crippen LogP contribution in [0, 0.1) is 18.6 Å². The lowest BCUT2D eigenvalue weighted by atomic mass is 10.0. The van der Waals surface area contributed by atoms with Gasteiger partial charge in [-0.25, -0.2) is 13.6 Å². The molecule has 0 aromatic heterocycles. The van der Waals surface area contributed by atoms with E-state index in [0.717, 1.165) is 37.4 Å². The molecule has 0 radical (unpaired) electrons. The van der Waals surface area contributed by atoms with E-state index >= 15 is 0 Å². The van der Waals surface area contributed by atoms with Crippen molar-refractivity contribution in [1.29, 1.82) is 0 Å². The normalized spacial score (nSPS) is 18.6. The third kappa shape index (κ3) is 7.19. The lowest BCUT2D eigenvalue weighted by Gasteiger charge is -2.27.